The number of nitrogens with one attached hydrogen (secondary N) is 1. The quantitative estimate of drug-likeness (QED) is 0.459. The zero-order valence-corrected chi connectivity index (χ0v) is 23.7. The first-order valence-corrected chi connectivity index (χ1v) is 14.3. The van der Waals surface area contributed by atoms with E-state index in [1.54, 1.807) is 6.26 Å². The van der Waals surface area contributed by atoms with E-state index in [9.17, 15) is 9.59 Å². The number of hydrogen-bond donors (Lipinski definition) is 1. The molecule has 2 amide bonds. The summed E-state index contributed by atoms with van der Waals surface area (Å²) in [6, 6.07) is 19.6. The van der Waals surface area contributed by atoms with Crippen LogP contribution in [0.4, 0.5) is 5.69 Å². The summed E-state index contributed by atoms with van der Waals surface area (Å²) in [5, 5.41) is 3.11. The number of carbonyl (C=O) groups excluding carboxylic acids is 2. The molecule has 0 radical (unpaired) electrons. The highest BCUT2D eigenvalue weighted by Crippen LogP contribution is 2.26. The number of rotatable bonds is 8. The van der Waals surface area contributed by atoms with Crippen LogP contribution in [0.15, 0.2) is 71.3 Å². The number of furan rings is 1. The molecule has 212 valence electrons. The molecule has 1 aromatic heterocycles. The van der Waals surface area contributed by atoms with E-state index in [-0.39, 0.29) is 23.8 Å². The van der Waals surface area contributed by atoms with Crippen molar-refractivity contribution in [2.75, 3.05) is 44.3 Å². The number of benzene rings is 2. The molecule has 2 aromatic carbocycles. The second kappa shape index (κ2) is 12.7. The van der Waals surface area contributed by atoms with Crippen molar-refractivity contribution in [2.24, 2.45) is 5.92 Å². The molecular weight excluding hydrogens is 504 g/mol. The van der Waals surface area contributed by atoms with E-state index < -0.39 is 6.04 Å². The van der Waals surface area contributed by atoms with Gasteiger partial charge in [-0.05, 0) is 36.2 Å². The fraction of sp³-hybridized carbons (Fsp3) is 0.438. The maximum absolute atomic E-state index is 13.7. The molecule has 2 atom stereocenters. The predicted octanol–water partition coefficient (Wildman–Crippen LogP) is 4.16. The average molecular weight is 545 g/mol. The van der Waals surface area contributed by atoms with Crippen LogP contribution in [0.5, 0.6) is 0 Å². The van der Waals surface area contributed by atoms with Gasteiger partial charge in [0.25, 0.3) is 0 Å². The van der Waals surface area contributed by atoms with Gasteiger partial charge in [0.2, 0.25) is 11.8 Å². The second-order valence-corrected chi connectivity index (χ2v) is 11.1. The number of para-hydroxylation sites is 1. The van der Waals surface area contributed by atoms with Gasteiger partial charge in [-0.3, -0.25) is 14.5 Å². The molecule has 2 aliphatic heterocycles. The highest BCUT2D eigenvalue weighted by Gasteiger charge is 2.40. The van der Waals surface area contributed by atoms with Gasteiger partial charge in [0.1, 0.15) is 11.8 Å². The van der Waals surface area contributed by atoms with Crippen LogP contribution in [-0.4, -0.2) is 73.1 Å². The van der Waals surface area contributed by atoms with Crippen molar-refractivity contribution < 1.29 is 18.7 Å². The fourth-order valence-corrected chi connectivity index (χ4v) is 5.72. The maximum atomic E-state index is 13.7. The molecular formula is C32H40N4O4. The Hall–Kier alpha value is -3.62. The topological polar surface area (TPSA) is 78.3 Å². The minimum absolute atomic E-state index is 0.0174. The van der Waals surface area contributed by atoms with Gasteiger partial charge < -0.3 is 24.3 Å². The molecule has 3 aromatic rings. The van der Waals surface area contributed by atoms with E-state index in [0.717, 1.165) is 49.7 Å². The lowest BCUT2D eigenvalue weighted by Gasteiger charge is -2.46. The van der Waals surface area contributed by atoms with Gasteiger partial charge in [-0.25, -0.2) is 0 Å². The Morgan fingerprint density at radius 1 is 0.975 bits per heavy atom. The Kier molecular flexibility index (Phi) is 8.87. The predicted molar refractivity (Wildman–Crippen MR) is 156 cm³/mol. The fourth-order valence-electron chi connectivity index (χ4n) is 5.72. The third kappa shape index (κ3) is 6.40. The molecule has 0 aliphatic carbocycles. The first kappa shape index (κ1) is 27.9. The van der Waals surface area contributed by atoms with Crippen LogP contribution in [0.3, 0.4) is 0 Å². The van der Waals surface area contributed by atoms with E-state index in [4.69, 9.17) is 9.15 Å². The Morgan fingerprint density at radius 3 is 2.42 bits per heavy atom. The van der Waals surface area contributed by atoms with Crippen LogP contribution in [0.1, 0.15) is 31.9 Å². The summed E-state index contributed by atoms with van der Waals surface area (Å²) >= 11 is 0. The Balaban J connectivity index is 1.29. The van der Waals surface area contributed by atoms with Crippen molar-refractivity contribution in [1.29, 1.82) is 0 Å². The normalized spacial score (nSPS) is 20.1. The smallest absolute Gasteiger partial charge is 0.244 e. The van der Waals surface area contributed by atoms with Gasteiger partial charge in [-0.1, -0.05) is 56.3 Å². The second-order valence-electron chi connectivity index (χ2n) is 11.1. The highest BCUT2D eigenvalue weighted by atomic mass is 16.5. The highest BCUT2D eigenvalue weighted by molar-refractivity contribution is 5.89. The first-order valence-electron chi connectivity index (χ1n) is 14.3. The lowest BCUT2D eigenvalue weighted by Crippen LogP contribution is -2.64. The largest absolute Gasteiger partial charge is 0.464 e. The zero-order chi connectivity index (χ0) is 28.1. The SMILES string of the molecule is CC(C)C(=O)N1C(C)CN(Cc2ccccc2N2CCOCC2)CC1C(=O)NCc1ccc(-c2ccco2)cc1. The van der Waals surface area contributed by atoms with Crippen molar-refractivity contribution in [3.05, 3.63) is 78.1 Å². The molecule has 0 bridgehead atoms. The molecule has 2 aliphatic rings. The van der Waals surface area contributed by atoms with Crippen LogP contribution in [0, 0.1) is 5.92 Å². The minimum atomic E-state index is -0.559. The van der Waals surface area contributed by atoms with Gasteiger partial charge in [0.15, 0.2) is 0 Å². The summed E-state index contributed by atoms with van der Waals surface area (Å²) in [6.07, 6.45) is 1.66. The molecule has 3 heterocycles. The number of piperazine rings is 1. The lowest BCUT2D eigenvalue weighted by atomic mass is 10.0. The molecule has 1 N–H and O–H groups in total. The van der Waals surface area contributed by atoms with Crippen LogP contribution >= 0.6 is 0 Å². The summed E-state index contributed by atoms with van der Waals surface area (Å²) in [5.41, 5.74) is 4.43. The van der Waals surface area contributed by atoms with Crippen molar-refractivity contribution in [2.45, 2.75) is 45.9 Å². The monoisotopic (exact) mass is 544 g/mol. The number of hydrogen-bond acceptors (Lipinski definition) is 6. The van der Waals surface area contributed by atoms with E-state index in [0.29, 0.717) is 19.6 Å². The molecule has 5 rings (SSSR count). The Morgan fingerprint density at radius 2 is 1.73 bits per heavy atom. The molecule has 8 nitrogen and oxygen atoms in total. The van der Waals surface area contributed by atoms with Crippen molar-refractivity contribution in [3.8, 4) is 11.3 Å². The molecule has 8 heteroatoms. The maximum Gasteiger partial charge on any atom is 0.244 e. The number of amides is 2. The van der Waals surface area contributed by atoms with E-state index >= 15 is 0 Å². The first-order chi connectivity index (χ1) is 19.4. The van der Waals surface area contributed by atoms with Crippen molar-refractivity contribution in [1.82, 2.24) is 15.1 Å². The van der Waals surface area contributed by atoms with E-state index in [2.05, 4.69) is 39.4 Å². The van der Waals surface area contributed by atoms with Gasteiger partial charge in [0.05, 0.1) is 19.5 Å². The van der Waals surface area contributed by atoms with E-state index in [1.807, 2.05) is 62.1 Å². The number of nitrogens with zero attached hydrogens (tertiary/aromatic N) is 3. The lowest BCUT2D eigenvalue weighted by molar-refractivity contribution is -0.150. The molecule has 0 saturated carbocycles. The minimum Gasteiger partial charge on any atom is -0.464 e. The Bertz CT molecular complexity index is 1270. The number of anilines is 1. The summed E-state index contributed by atoms with van der Waals surface area (Å²) in [7, 11) is 0. The summed E-state index contributed by atoms with van der Waals surface area (Å²) in [4.78, 5) is 33.4. The molecule has 0 spiro atoms. The summed E-state index contributed by atoms with van der Waals surface area (Å²) in [5.74, 6) is 0.524. The molecule has 40 heavy (non-hydrogen) atoms. The molecule has 2 unspecified atom stereocenters. The number of morpholine rings is 1. The Labute approximate surface area is 236 Å². The third-order valence-electron chi connectivity index (χ3n) is 7.78. The van der Waals surface area contributed by atoms with Crippen LogP contribution in [0.25, 0.3) is 11.3 Å². The summed E-state index contributed by atoms with van der Waals surface area (Å²) < 4.78 is 11.0. The van der Waals surface area contributed by atoms with Crippen LogP contribution in [-0.2, 0) is 27.4 Å². The van der Waals surface area contributed by atoms with Crippen LogP contribution < -0.4 is 10.2 Å². The van der Waals surface area contributed by atoms with Gasteiger partial charge in [-0.15, -0.1) is 0 Å². The third-order valence-corrected chi connectivity index (χ3v) is 7.78. The molecule has 2 saturated heterocycles. The summed E-state index contributed by atoms with van der Waals surface area (Å²) in [6.45, 7) is 11.4. The average Bonchev–Trinajstić information content (AvgIpc) is 3.51. The van der Waals surface area contributed by atoms with Gasteiger partial charge in [0, 0.05) is 62.5 Å². The zero-order valence-electron chi connectivity index (χ0n) is 23.7. The van der Waals surface area contributed by atoms with Gasteiger partial charge in [-0.2, -0.15) is 0 Å². The van der Waals surface area contributed by atoms with Crippen LogP contribution in [0.2, 0.25) is 0 Å². The van der Waals surface area contributed by atoms with E-state index in [1.165, 1.54) is 11.3 Å². The van der Waals surface area contributed by atoms with Gasteiger partial charge >= 0.3 is 0 Å². The number of ether oxygens (including phenoxy) is 1. The molecule has 2 fully saturated rings. The standard InChI is InChI=1S/C32H40N4O4/c1-23(2)32(38)36-24(3)20-34(21-27-7-4-5-8-28(27)35-14-17-39-18-15-35)22-29(36)31(37)33-19-25-10-12-26(13-11-25)30-9-6-16-40-30/h4-13,16,23-24,29H,14-15,17-22H2,1-3H3,(H,33,37). The van der Waals surface area contributed by atoms with Crippen molar-refractivity contribution >= 4 is 17.5 Å². The number of carbonyl (C=O) groups is 2. The van der Waals surface area contributed by atoms with Crippen molar-refractivity contribution in [3.63, 3.8) is 0 Å².